The lowest BCUT2D eigenvalue weighted by Gasteiger charge is -2.24. The highest BCUT2D eigenvalue weighted by Crippen LogP contribution is 2.25. The zero-order valence-corrected chi connectivity index (χ0v) is 12.8. The van der Waals surface area contributed by atoms with E-state index in [4.69, 9.17) is 4.74 Å². The van der Waals surface area contributed by atoms with Crippen LogP contribution in [0.2, 0.25) is 0 Å². The minimum atomic E-state index is -0.959. The predicted octanol–water partition coefficient (Wildman–Crippen LogP) is 2.97. The minimum absolute atomic E-state index is 0.0486. The van der Waals surface area contributed by atoms with Gasteiger partial charge in [-0.2, -0.15) is 0 Å². The maximum Gasteiger partial charge on any atom is 0.307 e. The Morgan fingerprint density at radius 3 is 2.96 bits per heavy atom. The van der Waals surface area contributed by atoms with Crippen molar-refractivity contribution in [2.24, 2.45) is 0 Å². The van der Waals surface area contributed by atoms with E-state index >= 15 is 0 Å². The summed E-state index contributed by atoms with van der Waals surface area (Å²) in [6, 6.07) is 3.51. The quantitative estimate of drug-likeness (QED) is 0.440. The Bertz CT molecular complexity index is 604. The lowest BCUT2D eigenvalue weighted by molar-refractivity contribution is -0.145. The number of hydrogen-bond donors (Lipinski definition) is 0. The number of amides is 1. The molecule has 1 aliphatic rings. The first-order chi connectivity index (χ1) is 11.0. The van der Waals surface area contributed by atoms with Crippen LogP contribution < -0.4 is 0 Å². The van der Waals surface area contributed by atoms with Gasteiger partial charge < -0.3 is 9.64 Å². The van der Waals surface area contributed by atoms with Gasteiger partial charge in [0.05, 0.1) is 13.0 Å². The normalized spacial score (nSPS) is 17.4. The van der Waals surface area contributed by atoms with Gasteiger partial charge in [-0.05, 0) is 18.9 Å². The molecule has 1 atom stereocenters. The number of carbonyl (C=O) groups is 2. The highest BCUT2D eigenvalue weighted by atomic mass is 19.2. The number of ether oxygens (including phenoxy) is 1. The van der Waals surface area contributed by atoms with Crippen LogP contribution in [0.15, 0.2) is 30.9 Å². The van der Waals surface area contributed by atoms with Crippen LogP contribution in [0, 0.1) is 11.6 Å². The smallest absolute Gasteiger partial charge is 0.307 e. The summed E-state index contributed by atoms with van der Waals surface area (Å²) in [5.74, 6) is -2.48. The van der Waals surface area contributed by atoms with Crippen molar-refractivity contribution in [2.45, 2.75) is 38.3 Å². The Morgan fingerprint density at radius 2 is 2.22 bits per heavy atom. The third-order valence-corrected chi connectivity index (χ3v) is 3.81. The largest absolute Gasteiger partial charge is 0.465 e. The molecule has 1 saturated heterocycles. The molecule has 4 nitrogen and oxygen atoms in total. The van der Waals surface area contributed by atoms with E-state index in [0.717, 1.165) is 6.07 Å². The van der Waals surface area contributed by atoms with Crippen LogP contribution in [0.4, 0.5) is 8.78 Å². The lowest BCUT2D eigenvalue weighted by atomic mass is 10.1. The first-order valence-corrected chi connectivity index (χ1v) is 7.51. The van der Waals surface area contributed by atoms with Crippen molar-refractivity contribution in [3.8, 4) is 0 Å². The second-order valence-electron chi connectivity index (χ2n) is 5.43. The van der Waals surface area contributed by atoms with Gasteiger partial charge in [0, 0.05) is 24.6 Å². The topological polar surface area (TPSA) is 46.6 Å². The van der Waals surface area contributed by atoms with Gasteiger partial charge in [0.1, 0.15) is 0 Å². The summed E-state index contributed by atoms with van der Waals surface area (Å²) in [4.78, 5) is 25.2. The van der Waals surface area contributed by atoms with Crippen molar-refractivity contribution in [1.29, 1.82) is 0 Å². The van der Waals surface area contributed by atoms with E-state index in [0.29, 0.717) is 19.3 Å². The SMILES string of the molecule is C=CCCOC(=O)CC1CCC(=O)N1Cc1cccc(F)c1F. The molecule has 1 aliphatic heterocycles. The Kier molecular flexibility index (Phi) is 5.84. The molecule has 0 aliphatic carbocycles. The minimum Gasteiger partial charge on any atom is -0.465 e. The third kappa shape index (κ3) is 4.37. The summed E-state index contributed by atoms with van der Waals surface area (Å²) in [5, 5.41) is 0. The molecule has 0 saturated carbocycles. The standard InChI is InChI=1S/C17H19F2NO3/c1-2-3-9-23-16(22)10-13-7-8-15(21)20(13)11-12-5-4-6-14(18)17(12)19/h2,4-6,13H,1,3,7-11H2. The molecule has 1 fully saturated rings. The summed E-state index contributed by atoms with van der Waals surface area (Å²) in [7, 11) is 0. The van der Waals surface area contributed by atoms with E-state index in [2.05, 4.69) is 6.58 Å². The molecule has 1 aromatic carbocycles. The van der Waals surface area contributed by atoms with Crippen LogP contribution in [-0.4, -0.2) is 29.4 Å². The number of rotatable bonds is 7. The van der Waals surface area contributed by atoms with E-state index in [1.165, 1.54) is 17.0 Å². The first-order valence-electron chi connectivity index (χ1n) is 7.51. The van der Waals surface area contributed by atoms with E-state index in [9.17, 15) is 18.4 Å². The molecule has 2 rings (SSSR count). The van der Waals surface area contributed by atoms with Crippen molar-refractivity contribution in [2.75, 3.05) is 6.61 Å². The molecule has 1 unspecified atom stereocenters. The van der Waals surface area contributed by atoms with Crippen molar-refractivity contribution in [3.63, 3.8) is 0 Å². The summed E-state index contributed by atoms with van der Waals surface area (Å²) in [6.07, 6.45) is 3.06. The Hall–Kier alpha value is -2.24. The Morgan fingerprint density at radius 1 is 1.43 bits per heavy atom. The van der Waals surface area contributed by atoms with Crippen molar-refractivity contribution >= 4 is 11.9 Å². The fourth-order valence-corrected chi connectivity index (χ4v) is 2.58. The number of carbonyl (C=O) groups excluding carboxylic acids is 2. The van der Waals surface area contributed by atoms with Crippen molar-refractivity contribution < 1.29 is 23.1 Å². The zero-order chi connectivity index (χ0) is 16.8. The third-order valence-electron chi connectivity index (χ3n) is 3.81. The molecule has 1 amide bonds. The molecule has 0 bridgehead atoms. The van der Waals surface area contributed by atoms with E-state index < -0.39 is 17.6 Å². The van der Waals surface area contributed by atoms with E-state index in [1.807, 2.05) is 0 Å². The van der Waals surface area contributed by atoms with Gasteiger partial charge in [-0.1, -0.05) is 18.2 Å². The highest BCUT2D eigenvalue weighted by Gasteiger charge is 2.33. The average molecular weight is 323 g/mol. The Balaban J connectivity index is 2.00. The number of halogens is 2. The van der Waals surface area contributed by atoms with Gasteiger partial charge in [-0.3, -0.25) is 9.59 Å². The average Bonchev–Trinajstić information content (AvgIpc) is 2.85. The Labute approximate surface area is 133 Å². The lowest BCUT2D eigenvalue weighted by Crippen LogP contribution is -2.34. The molecule has 6 heteroatoms. The number of benzene rings is 1. The summed E-state index contributed by atoms with van der Waals surface area (Å²) in [6.45, 7) is 3.74. The van der Waals surface area contributed by atoms with Crippen LogP contribution in [0.25, 0.3) is 0 Å². The molecule has 0 spiro atoms. The molecule has 0 radical (unpaired) electrons. The van der Waals surface area contributed by atoms with Crippen LogP contribution in [0.5, 0.6) is 0 Å². The molecule has 23 heavy (non-hydrogen) atoms. The van der Waals surface area contributed by atoms with Crippen molar-refractivity contribution in [3.05, 3.63) is 48.1 Å². The van der Waals surface area contributed by atoms with Crippen LogP contribution in [-0.2, 0) is 20.9 Å². The molecular weight excluding hydrogens is 304 g/mol. The van der Waals surface area contributed by atoms with Gasteiger partial charge in [0.15, 0.2) is 11.6 Å². The summed E-state index contributed by atoms with van der Waals surface area (Å²) >= 11 is 0. The van der Waals surface area contributed by atoms with Crippen molar-refractivity contribution in [1.82, 2.24) is 4.90 Å². The molecular formula is C17H19F2NO3. The maximum absolute atomic E-state index is 13.8. The van der Waals surface area contributed by atoms with Crippen LogP contribution in [0.3, 0.4) is 0 Å². The fourth-order valence-electron chi connectivity index (χ4n) is 2.58. The zero-order valence-electron chi connectivity index (χ0n) is 12.8. The van der Waals surface area contributed by atoms with Crippen LogP contribution in [0.1, 0.15) is 31.2 Å². The second kappa shape index (κ2) is 7.85. The van der Waals surface area contributed by atoms with Gasteiger partial charge in [0.25, 0.3) is 0 Å². The van der Waals surface area contributed by atoms with Crippen LogP contribution >= 0.6 is 0 Å². The predicted molar refractivity (Wildman–Crippen MR) is 80.3 cm³/mol. The number of likely N-dealkylation sites (tertiary alicyclic amines) is 1. The first kappa shape index (κ1) is 17.1. The summed E-state index contributed by atoms with van der Waals surface area (Å²) in [5.41, 5.74) is 0.102. The number of esters is 1. The fraction of sp³-hybridized carbons (Fsp3) is 0.412. The van der Waals surface area contributed by atoms with Gasteiger partial charge in [0.2, 0.25) is 5.91 Å². The maximum atomic E-state index is 13.8. The molecule has 0 N–H and O–H groups in total. The molecule has 124 valence electrons. The van der Waals surface area contributed by atoms with Gasteiger partial charge in [-0.15, -0.1) is 6.58 Å². The second-order valence-corrected chi connectivity index (χ2v) is 5.43. The summed E-state index contributed by atoms with van der Waals surface area (Å²) < 4.78 is 32.1. The van der Waals surface area contributed by atoms with Gasteiger partial charge >= 0.3 is 5.97 Å². The number of nitrogens with zero attached hydrogens (tertiary/aromatic N) is 1. The van der Waals surface area contributed by atoms with E-state index in [1.54, 1.807) is 6.08 Å². The highest BCUT2D eigenvalue weighted by molar-refractivity contribution is 5.80. The number of hydrogen-bond acceptors (Lipinski definition) is 3. The molecule has 0 aromatic heterocycles. The monoisotopic (exact) mass is 323 g/mol. The molecule has 1 heterocycles. The van der Waals surface area contributed by atoms with E-state index in [-0.39, 0.29) is 37.1 Å². The van der Waals surface area contributed by atoms with Gasteiger partial charge in [-0.25, -0.2) is 8.78 Å². The molecule has 1 aromatic rings.